The maximum absolute atomic E-state index is 14.6. The molecule has 7 nitrogen and oxygen atoms in total. The third kappa shape index (κ3) is 4.24. The fourth-order valence-electron chi connectivity index (χ4n) is 5.56. The molecule has 1 amide bonds. The second-order valence-corrected chi connectivity index (χ2v) is 9.63. The average Bonchev–Trinajstić information content (AvgIpc) is 3.45. The largest absolute Gasteiger partial charge is 0.368 e. The topological polar surface area (TPSA) is 65.8 Å². The average molecular weight is 487 g/mol. The normalized spacial score (nSPS) is 19.1. The number of carbonyl (C=O) groups excluding carboxylic acids is 1. The summed E-state index contributed by atoms with van der Waals surface area (Å²) in [7, 11) is 2.20. The van der Waals surface area contributed by atoms with E-state index in [1.807, 2.05) is 0 Å². The standard InChI is InChI=1S/C25H29F3N6O/c1-16(18-5-3-6-19(21(18)26)22(27)28)31-24(35)17-13-20(23-29-15-30-34(23)14-17)33-11-8-25(9-12-33)7-4-10-32(25)2/h3,5-6,13-16,22H,4,7-12H2,1-2H3,(H,31,35)/t16-/m1/s1. The highest BCUT2D eigenvalue weighted by Crippen LogP contribution is 2.39. The van der Waals surface area contributed by atoms with E-state index in [1.165, 1.54) is 31.3 Å². The quantitative estimate of drug-likeness (QED) is 0.581. The second-order valence-electron chi connectivity index (χ2n) is 9.63. The number of fused-ring (bicyclic) bond motifs is 1. The molecular formula is C25H29F3N6O. The van der Waals surface area contributed by atoms with Gasteiger partial charge in [0.05, 0.1) is 22.9 Å². The smallest absolute Gasteiger partial charge is 0.266 e. The summed E-state index contributed by atoms with van der Waals surface area (Å²) in [5.41, 5.74) is 1.42. The molecule has 2 saturated heterocycles. The van der Waals surface area contributed by atoms with Crippen LogP contribution in [0.2, 0.25) is 0 Å². The number of amides is 1. The van der Waals surface area contributed by atoms with Crippen LogP contribution in [0.4, 0.5) is 18.9 Å². The van der Waals surface area contributed by atoms with Gasteiger partial charge in [0.15, 0.2) is 5.65 Å². The van der Waals surface area contributed by atoms with E-state index in [4.69, 9.17) is 0 Å². The molecule has 1 spiro atoms. The fourth-order valence-corrected chi connectivity index (χ4v) is 5.56. The zero-order valence-electron chi connectivity index (χ0n) is 19.8. The van der Waals surface area contributed by atoms with Gasteiger partial charge < -0.3 is 15.1 Å². The Hall–Kier alpha value is -3.14. The van der Waals surface area contributed by atoms with E-state index >= 15 is 0 Å². The van der Waals surface area contributed by atoms with Crippen LogP contribution in [0.25, 0.3) is 5.65 Å². The Morgan fingerprint density at radius 1 is 1.14 bits per heavy atom. The van der Waals surface area contributed by atoms with Crippen LogP contribution in [0.1, 0.15) is 66.6 Å². The number of rotatable bonds is 5. The lowest BCUT2D eigenvalue weighted by Gasteiger charge is -2.44. The molecule has 0 radical (unpaired) electrons. The van der Waals surface area contributed by atoms with Crippen LogP contribution in [0.3, 0.4) is 0 Å². The van der Waals surface area contributed by atoms with Gasteiger partial charge in [0.1, 0.15) is 12.1 Å². The molecule has 35 heavy (non-hydrogen) atoms. The van der Waals surface area contributed by atoms with E-state index in [1.54, 1.807) is 23.7 Å². The van der Waals surface area contributed by atoms with Crippen molar-refractivity contribution in [2.45, 2.75) is 50.6 Å². The summed E-state index contributed by atoms with van der Waals surface area (Å²) in [5.74, 6) is -1.44. The van der Waals surface area contributed by atoms with Crippen molar-refractivity contribution in [3.63, 3.8) is 0 Å². The minimum atomic E-state index is -2.93. The summed E-state index contributed by atoms with van der Waals surface area (Å²) in [5, 5.41) is 6.97. The first-order valence-corrected chi connectivity index (χ1v) is 12.0. The maximum Gasteiger partial charge on any atom is 0.266 e. The zero-order valence-corrected chi connectivity index (χ0v) is 19.8. The molecule has 2 aromatic heterocycles. The minimum absolute atomic E-state index is 0.0141. The summed E-state index contributed by atoms with van der Waals surface area (Å²) < 4.78 is 42.4. The third-order valence-corrected chi connectivity index (χ3v) is 7.71. The van der Waals surface area contributed by atoms with E-state index in [2.05, 4.69) is 32.2 Å². The van der Waals surface area contributed by atoms with Crippen molar-refractivity contribution >= 4 is 17.2 Å². The maximum atomic E-state index is 14.6. The van der Waals surface area contributed by atoms with E-state index in [0.717, 1.165) is 44.2 Å². The van der Waals surface area contributed by atoms with Gasteiger partial charge in [-0.1, -0.05) is 18.2 Å². The number of hydrogen-bond acceptors (Lipinski definition) is 5. The van der Waals surface area contributed by atoms with Crippen LogP contribution in [0, 0.1) is 5.82 Å². The number of carbonyl (C=O) groups is 1. The van der Waals surface area contributed by atoms with Gasteiger partial charge in [0.25, 0.3) is 12.3 Å². The molecule has 2 fully saturated rings. The van der Waals surface area contributed by atoms with Gasteiger partial charge in [-0.25, -0.2) is 22.7 Å². The lowest BCUT2D eigenvalue weighted by atomic mass is 9.85. The molecule has 2 aliphatic heterocycles. The summed E-state index contributed by atoms with van der Waals surface area (Å²) in [6, 6.07) is 4.81. The number of halogens is 3. The van der Waals surface area contributed by atoms with Gasteiger partial charge in [-0.2, -0.15) is 5.10 Å². The molecular weight excluding hydrogens is 457 g/mol. The first-order chi connectivity index (χ1) is 16.8. The van der Waals surface area contributed by atoms with Crippen LogP contribution in [-0.4, -0.2) is 57.6 Å². The van der Waals surface area contributed by atoms with Gasteiger partial charge in [-0.15, -0.1) is 0 Å². The number of pyridine rings is 1. The molecule has 10 heteroatoms. The first-order valence-electron chi connectivity index (χ1n) is 12.0. The van der Waals surface area contributed by atoms with Crippen LogP contribution in [0.15, 0.2) is 36.8 Å². The SMILES string of the molecule is C[C@@H](NC(=O)c1cc(N2CCC3(CCCN3C)CC2)c2ncnn2c1)c1cccc(C(F)F)c1F. The van der Waals surface area contributed by atoms with E-state index < -0.39 is 29.8 Å². The number of aromatic nitrogens is 3. The Morgan fingerprint density at radius 2 is 1.89 bits per heavy atom. The molecule has 1 N–H and O–H groups in total. The predicted octanol–water partition coefficient (Wildman–Crippen LogP) is 4.36. The van der Waals surface area contributed by atoms with E-state index in [-0.39, 0.29) is 11.1 Å². The van der Waals surface area contributed by atoms with Crippen LogP contribution in [0.5, 0.6) is 0 Å². The van der Waals surface area contributed by atoms with Crippen molar-refractivity contribution < 1.29 is 18.0 Å². The number of benzene rings is 1. The van der Waals surface area contributed by atoms with Crippen LogP contribution >= 0.6 is 0 Å². The lowest BCUT2D eigenvalue weighted by molar-refractivity contribution is 0.0938. The summed E-state index contributed by atoms with van der Waals surface area (Å²) in [4.78, 5) is 22.2. The number of hydrogen-bond donors (Lipinski definition) is 1. The molecule has 5 rings (SSSR count). The Balaban J connectivity index is 1.38. The van der Waals surface area contributed by atoms with Gasteiger partial charge in [0.2, 0.25) is 0 Å². The van der Waals surface area contributed by atoms with E-state index in [9.17, 15) is 18.0 Å². The first kappa shape index (κ1) is 23.6. The van der Waals surface area contributed by atoms with Crippen molar-refractivity contribution in [2.75, 3.05) is 31.6 Å². The van der Waals surface area contributed by atoms with Crippen molar-refractivity contribution in [2.24, 2.45) is 0 Å². The van der Waals surface area contributed by atoms with Gasteiger partial charge in [-0.3, -0.25) is 4.79 Å². The Morgan fingerprint density at radius 3 is 2.57 bits per heavy atom. The molecule has 0 saturated carbocycles. The highest BCUT2D eigenvalue weighted by atomic mass is 19.3. The van der Waals surface area contributed by atoms with Crippen LogP contribution in [-0.2, 0) is 0 Å². The molecule has 4 heterocycles. The third-order valence-electron chi connectivity index (χ3n) is 7.71. The molecule has 2 aliphatic rings. The molecule has 1 aromatic carbocycles. The van der Waals surface area contributed by atoms with Gasteiger partial charge >= 0.3 is 0 Å². The lowest BCUT2D eigenvalue weighted by Crippen LogP contribution is -2.50. The summed E-state index contributed by atoms with van der Waals surface area (Å²) in [6.45, 7) is 4.39. The second kappa shape index (κ2) is 9.14. The number of anilines is 1. The van der Waals surface area contributed by atoms with Crippen molar-refractivity contribution in [3.8, 4) is 0 Å². The van der Waals surface area contributed by atoms with Crippen molar-refractivity contribution in [1.82, 2.24) is 24.8 Å². The van der Waals surface area contributed by atoms with Gasteiger partial charge in [-0.05, 0) is 52.3 Å². The molecule has 0 unspecified atom stereocenters. The Bertz CT molecular complexity index is 1240. The molecule has 0 aliphatic carbocycles. The van der Waals surface area contributed by atoms with E-state index in [0.29, 0.717) is 11.2 Å². The monoisotopic (exact) mass is 486 g/mol. The van der Waals surface area contributed by atoms with Crippen molar-refractivity contribution in [3.05, 3.63) is 59.3 Å². The molecule has 186 valence electrons. The highest BCUT2D eigenvalue weighted by Gasteiger charge is 2.41. The number of nitrogens with zero attached hydrogens (tertiary/aromatic N) is 5. The zero-order chi connectivity index (χ0) is 24.7. The fraction of sp³-hybridized carbons (Fsp3) is 0.480. The number of piperidine rings is 1. The Labute approximate surface area is 201 Å². The highest BCUT2D eigenvalue weighted by molar-refractivity contribution is 5.96. The molecule has 1 atom stereocenters. The molecule has 0 bridgehead atoms. The molecule has 3 aromatic rings. The Kier molecular flexibility index (Phi) is 6.16. The summed E-state index contributed by atoms with van der Waals surface area (Å²) in [6.07, 6.45) is 4.61. The summed E-state index contributed by atoms with van der Waals surface area (Å²) >= 11 is 0. The number of likely N-dealkylation sites (tertiary alicyclic amines) is 1. The number of nitrogens with one attached hydrogen (secondary N) is 1. The number of alkyl halides is 2. The minimum Gasteiger partial charge on any atom is -0.368 e. The van der Waals surface area contributed by atoms with Crippen LogP contribution < -0.4 is 10.2 Å². The van der Waals surface area contributed by atoms with Crippen molar-refractivity contribution in [1.29, 1.82) is 0 Å². The predicted molar refractivity (Wildman–Crippen MR) is 126 cm³/mol. The van der Waals surface area contributed by atoms with Gasteiger partial charge in [0, 0.05) is 30.4 Å².